The van der Waals surface area contributed by atoms with Crippen molar-refractivity contribution in [2.24, 2.45) is 5.92 Å². The number of hydrogen-bond donors (Lipinski definition) is 0. The van der Waals surface area contributed by atoms with Gasteiger partial charge in [-0.1, -0.05) is 19.3 Å². The average Bonchev–Trinajstić information content (AvgIpc) is 2.99. The van der Waals surface area contributed by atoms with Crippen LogP contribution in [0.15, 0.2) is 18.2 Å². The van der Waals surface area contributed by atoms with Gasteiger partial charge in [-0.25, -0.2) is 0 Å². The molecule has 1 saturated heterocycles. The maximum atomic E-state index is 13.0. The van der Waals surface area contributed by atoms with Crippen LogP contribution in [0.4, 0.5) is 0 Å². The molecule has 146 valence electrons. The van der Waals surface area contributed by atoms with E-state index in [9.17, 15) is 9.59 Å². The molecule has 1 saturated carbocycles. The summed E-state index contributed by atoms with van der Waals surface area (Å²) in [6.07, 6.45) is 8.53. The number of rotatable bonds is 2. The third-order valence-electron chi connectivity index (χ3n) is 6.20. The maximum absolute atomic E-state index is 13.0. The van der Waals surface area contributed by atoms with Crippen molar-refractivity contribution < 1.29 is 14.3 Å². The zero-order valence-electron chi connectivity index (χ0n) is 16.1. The molecule has 1 aromatic carbocycles. The Morgan fingerprint density at radius 2 is 1.67 bits per heavy atom. The molecular weight excluding hydrogens is 340 g/mol. The van der Waals surface area contributed by atoms with Crippen LogP contribution in [0.3, 0.4) is 0 Å². The van der Waals surface area contributed by atoms with E-state index in [1.54, 1.807) is 0 Å². The second kappa shape index (κ2) is 8.32. The number of aryl methyl sites for hydroxylation is 1. The van der Waals surface area contributed by atoms with Gasteiger partial charge in [-0.15, -0.1) is 0 Å². The van der Waals surface area contributed by atoms with Crippen LogP contribution in [0.5, 0.6) is 5.75 Å². The SMILES string of the molecule is O=C(c1ccc2c(c1)CCCO2)N1CCCN(C(=O)C2CCCCC2)CC1. The quantitative estimate of drug-likeness (QED) is 0.803. The summed E-state index contributed by atoms with van der Waals surface area (Å²) in [6.45, 7) is 3.55. The van der Waals surface area contributed by atoms with Crippen molar-refractivity contribution in [3.05, 3.63) is 29.3 Å². The Morgan fingerprint density at radius 3 is 2.52 bits per heavy atom. The Balaban J connectivity index is 1.39. The van der Waals surface area contributed by atoms with Gasteiger partial charge in [0.2, 0.25) is 5.91 Å². The van der Waals surface area contributed by atoms with Gasteiger partial charge < -0.3 is 14.5 Å². The molecule has 0 unspecified atom stereocenters. The van der Waals surface area contributed by atoms with E-state index < -0.39 is 0 Å². The topological polar surface area (TPSA) is 49.9 Å². The van der Waals surface area contributed by atoms with Crippen molar-refractivity contribution in [2.75, 3.05) is 32.8 Å². The summed E-state index contributed by atoms with van der Waals surface area (Å²) < 4.78 is 5.65. The highest BCUT2D eigenvalue weighted by Gasteiger charge is 2.28. The van der Waals surface area contributed by atoms with Crippen LogP contribution >= 0.6 is 0 Å². The summed E-state index contributed by atoms with van der Waals surface area (Å²) in [5.74, 6) is 1.52. The number of carbonyl (C=O) groups excluding carboxylic acids is 2. The summed E-state index contributed by atoms with van der Waals surface area (Å²) in [5, 5.41) is 0. The third kappa shape index (κ3) is 4.12. The first-order valence-corrected chi connectivity index (χ1v) is 10.6. The fourth-order valence-corrected chi connectivity index (χ4v) is 4.62. The number of nitrogens with zero attached hydrogens (tertiary/aromatic N) is 2. The van der Waals surface area contributed by atoms with Crippen molar-refractivity contribution in [3.63, 3.8) is 0 Å². The first kappa shape index (κ1) is 18.3. The van der Waals surface area contributed by atoms with Crippen LogP contribution in [0.25, 0.3) is 0 Å². The summed E-state index contributed by atoms with van der Waals surface area (Å²) in [7, 11) is 0. The fraction of sp³-hybridized carbons (Fsp3) is 0.636. The number of fused-ring (bicyclic) bond motifs is 1. The predicted octanol–water partition coefficient (Wildman–Crippen LogP) is 3.27. The normalized spacial score (nSPS) is 21.2. The third-order valence-corrected chi connectivity index (χ3v) is 6.20. The van der Waals surface area contributed by atoms with Crippen molar-refractivity contribution in [3.8, 4) is 5.75 Å². The van der Waals surface area contributed by atoms with Gasteiger partial charge in [-0.2, -0.15) is 0 Å². The molecule has 2 heterocycles. The van der Waals surface area contributed by atoms with Crippen LogP contribution in [0.1, 0.15) is 60.9 Å². The lowest BCUT2D eigenvalue weighted by Crippen LogP contribution is -2.40. The molecule has 1 aliphatic carbocycles. The lowest BCUT2D eigenvalue weighted by atomic mass is 9.88. The monoisotopic (exact) mass is 370 g/mol. The molecule has 0 spiro atoms. The van der Waals surface area contributed by atoms with E-state index >= 15 is 0 Å². The molecule has 0 N–H and O–H groups in total. The Hall–Kier alpha value is -2.04. The minimum absolute atomic E-state index is 0.0790. The highest BCUT2D eigenvalue weighted by Crippen LogP contribution is 2.27. The molecule has 2 amide bonds. The molecule has 0 aromatic heterocycles. The first-order valence-electron chi connectivity index (χ1n) is 10.6. The Morgan fingerprint density at radius 1 is 0.889 bits per heavy atom. The summed E-state index contributed by atoms with van der Waals surface area (Å²) in [5.41, 5.74) is 1.88. The van der Waals surface area contributed by atoms with Gasteiger partial charge in [-0.05, 0) is 55.9 Å². The van der Waals surface area contributed by atoms with Crippen LogP contribution in [0.2, 0.25) is 0 Å². The van der Waals surface area contributed by atoms with Gasteiger partial charge in [0.25, 0.3) is 5.91 Å². The summed E-state index contributed by atoms with van der Waals surface area (Å²) in [6, 6.07) is 5.80. The maximum Gasteiger partial charge on any atom is 0.253 e. The Kier molecular flexibility index (Phi) is 5.65. The Bertz CT molecular complexity index is 697. The van der Waals surface area contributed by atoms with Gasteiger partial charge in [-0.3, -0.25) is 9.59 Å². The van der Waals surface area contributed by atoms with Crippen molar-refractivity contribution >= 4 is 11.8 Å². The minimum Gasteiger partial charge on any atom is -0.493 e. The van der Waals surface area contributed by atoms with Crippen LogP contribution in [0, 0.1) is 5.92 Å². The van der Waals surface area contributed by atoms with Crippen LogP contribution < -0.4 is 4.74 Å². The second-order valence-electron chi connectivity index (χ2n) is 8.08. The molecular formula is C22H30N2O3. The lowest BCUT2D eigenvalue weighted by Gasteiger charge is -2.28. The predicted molar refractivity (Wildman–Crippen MR) is 104 cm³/mol. The van der Waals surface area contributed by atoms with E-state index in [-0.39, 0.29) is 11.8 Å². The second-order valence-corrected chi connectivity index (χ2v) is 8.08. The largest absolute Gasteiger partial charge is 0.493 e. The van der Waals surface area contributed by atoms with E-state index in [1.807, 2.05) is 28.0 Å². The first-order chi connectivity index (χ1) is 13.2. The van der Waals surface area contributed by atoms with Gasteiger partial charge in [0.05, 0.1) is 6.61 Å². The molecule has 1 aromatic rings. The van der Waals surface area contributed by atoms with Crippen molar-refractivity contribution in [2.45, 2.75) is 51.4 Å². The summed E-state index contributed by atoms with van der Waals surface area (Å²) in [4.78, 5) is 29.7. The average molecular weight is 370 g/mol. The van der Waals surface area contributed by atoms with E-state index in [0.717, 1.165) is 68.7 Å². The highest BCUT2D eigenvalue weighted by atomic mass is 16.5. The standard InChI is InChI=1S/C22H30N2O3/c25-21(17-6-2-1-3-7-17)23-11-5-12-24(14-13-23)22(26)19-9-10-20-18(16-19)8-4-15-27-20/h9-10,16-17H,1-8,11-15H2. The van der Waals surface area contributed by atoms with Gasteiger partial charge in [0.1, 0.15) is 5.75 Å². The number of hydrogen-bond acceptors (Lipinski definition) is 3. The highest BCUT2D eigenvalue weighted by molar-refractivity contribution is 5.94. The van der Waals surface area contributed by atoms with Crippen molar-refractivity contribution in [1.82, 2.24) is 9.80 Å². The smallest absolute Gasteiger partial charge is 0.253 e. The van der Waals surface area contributed by atoms with E-state index in [4.69, 9.17) is 4.74 Å². The lowest BCUT2D eigenvalue weighted by molar-refractivity contribution is -0.136. The number of benzene rings is 1. The number of carbonyl (C=O) groups is 2. The molecule has 5 heteroatoms. The Labute approximate surface area is 161 Å². The molecule has 2 fully saturated rings. The van der Waals surface area contributed by atoms with Gasteiger partial charge in [0.15, 0.2) is 0 Å². The number of ether oxygens (including phenoxy) is 1. The molecule has 0 bridgehead atoms. The molecule has 2 aliphatic heterocycles. The van der Waals surface area contributed by atoms with Crippen LogP contribution in [-0.2, 0) is 11.2 Å². The van der Waals surface area contributed by atoms with Crippen LogP contribution in [-0.4, -0.2) is 54.4 Å². The summed E-state index contributed by atoms with van der Waals surface area (Å²) >= 11 is 0. The van der Waals surface area contributed by atoms with E-state index in [0.29, 0.717) is 19.0 Å². The molecule has 5 nitrogen and oxygen atoms in total. The van der Waals surface area contributed by atoms with E-state index in [1.165, 1.54) is 19.3 Å². The molecule has 0 atom stereocenters. The fourth-order valence-electron chi connectivity index (χ4n) is 4.62. The number of amides is 2. The minimum atomic E-state index is 0.0790. The molecule has 3 aliphatic rings. The van der Waals surface area contributed by atoms with E-state index in [2.05, 4.69) is 0 Å². The van der Waals surface area contributed by atoms with Gasteiger partial charge >= 0.3 is 0 Å². The zero-order valence-corrected chi connectivity index (χ0v) is 16.1. The molecule has 4 rings (SSSR count). The van der Waals surface area contributed by atoms with Crippen molar-refractivity contribution in [1.29, 1.82) is 0 Å². The zero-order chi connectivity index (χ0) is 18.6. The van der Waals surface area contributed by atoms with Gasteiger partial charge in [0, 0.05) is 37.7 Å². The molecule has 27 heavy (non-hydrogen) atoms. The molecule has 0 radical (unpaired) electrons.